The Labute approximate surface area is 411 Å². The summed E-state index contributed by atoms with van der Waals surface area (Å²) in [4.78, 5) is 73.3. The number of carbonyl (C=O) groups excluding carboxylic acids is 2. The van der Waals surface area contributed by atoms with Gasteiger partial charge in [0.15, 0.2) is 6.10 Å². The maximum absolute atomic E-state index is 13.1. The third-order valence-electron chi connectivity index (χ3n) is 11.8. The van der Waals surface area contributed by atoms with E-state index in [0.29, 0.717) is 12.8 Å². The van der Waals surface area contributed by atoms with Gasteiger partial charge in [-0.3, -0.25) is 27.7 Å². The summed E-state index contributed by atoms with van der Waals surface area (Å²) in [7, 11) is -16.6. The van der Waals surface area contributed by atoms with Gasteiger partial charge in [0.05, 0.1) is 6.61 Å². The second-order valence-corrected chi connectivity index (χ2v) is 21.9. The molecule has 1 saturated carbocycles. The summed E-state index contributed by atoms with van der Waals surface area (Å²) in [5.74, 6) is -1.30. The Balaban J connectivity index is 2.69. The van der Waals surface area contributed by atoms with Crippen LogP contribution in [0.2, 0.25) is 0 Å². The van der Waals surface area contributed by atoms with Gasteiger partial charge in [0.25, 0.3) is 0 Å². The van der Waals surface area contributed by atoms with Crippen molar-refractivity contribution in [2.24, 2.45) is 0 Å². The van der Waals surface area contributed by atoms with Crippen molar-refractivity contribution >= 4 is 35.4 Å². The second kappa shape index (κ2) is 39.1. The van der Waals surface area contributed by atoms with Crippen LogP contribution in [-0.4, -0.2) is 108 Å². The highest BCUT2D eigenvalue weighted by atomic mass is 31.2. The molecule has 0 spiro atoms. The smallest absolute Gasteiger partial charge is 0.462 e. The summed E-state index contributed by atoms with van der Waals surface area (Å²) in [6.07, 6.45) is 23.3. The number of hydrogen-bond donors (Lipinski definition) is 8. The maximum atomic E-state index is 13.1. The number of ether oxygens (including phenoxy) is 2. The summed E-state index contributed by atoms with van der Waals surface area (Å²) in [6, 6.07) is 0. The minimum absolute atomic E-state index is 0.0152. The molecule has 0 aromatic rings. The van der Waals surface area contributed by atoms with Crippen molar-refractivity contribution in [2.45, 2.75) is 249 Å². The standard InChI is InChI=1S/C47H89O19P3/c1-3-5-7-9-11-13-15-17-19-20-22-23-25-27-29-31-33-35-40(48)61-37-39(63-41(49)36-34-32-30-28-26-24-21-18-16-14-12-10-8-6-4-2)38-62-69(59,60)66-45-42(50)43(51)46(64-67(53,54)55)47(44(45)52)65-68(56,57)58/h12,14,18,21,39,42-47,50-52H,3-11,13,15-17,19-20,22-38H2,1-2H3,(H,59,60)(H2,53,54,55)(H2,56,57,58)/t39-,42?,43?,44?,45+,46?,47+/m1/s1. The summed E-state index contributed by atoms with van der Waals surface area (Å²) in [5.41, 5.74) is 0. The molecule has 0 bridgehead atoms. The van der Waals surface area contributed by atoms with Crippen LogP contribution < -0.4 is 0 Å². The summed E-state index contributed by atoms with van der Waals surface area (Å²) >= 11 is 0. The van der Waals surface area contributed by atoms with Gasteiger partial charge in [0.2, 0.25) is 0 Å². The van der Waals surface area contributed by atoms with Crippen molar-refractivity contribution in [1.29, 1.82) is 0 Å². The van der Waals surface area contributed by atoms with Crippen molar-refractivity contribution in [1.82, 2.24) is 0 Å². The maximum Gasteiger partial charge on any atom is 0.472 e. The molecule has 406 valence electrons. The number of phosphoric acid groups is 3. The summed E-state index contributed by atoms with van der Waals surface area (Å²) in [5, 5.41) is 31.9. The van der Waals surface area contributed by atoms with Gasteiger partial charge in [-0.2, -0.15) is 0 Å². The first-order valence-electron chi connectivity index (χ1n) is 25.6. The summed E-state index contributed by atoms with van der Waals surface area (Å²) in [6.45, 7) is 2.93. The molecule has 22 heteroatoms. The molecule has 0 heterocycles. The Morgan fingerprint density at radius 2 is 0.841 bits per heavy atom. The summed E-state index contributed by atoms with van der Waals surface area (Å²) < 4.78 is 65.6. The van der Waals surface area contributed by atoms with E-state index in [9.17, 15) is 63.1 Å². The number of esters is 2. The minimum atomic E-state index is -5.60. The Morgan fingerprint density at radius 3 is 1.30 bits per heavy atom. The molecule has 0 aromatic heterocycles. The number of rotatable bonds is 44. The predicted octanol–water partition coefficient (Wildman–Crippen LogP) is 9.85. The van der Waals surface area contributed by atoms with E-state index >= 15 is 0 Å². The fourth-order valence-electron chi connectivity index (χ4n) is 7.91. The van der Waals surface area contributed by atoms with E-state index in [1.54, 1.807) is 0 Å². The molecule has 0 saturated heterocycles. The molecule has 5 unspecified atom stereocenters. The molecule has 8 atom stereocenters. The zero-order chi connectivity index (χ0) is 51.4. The zero-order valence-corrected chi connectivity index (χ0v) is 44.1. The molecule has 0 amide bonds. The molecule has 19 nitrogen and oxygen atoms in total. The van der Waals surface area contributed by atoms with Crippen LogP contribution in [0.5, 0.6) is 0 Å². The minimum Gasteiger partial charge on any atom is -0.462 e. The lowest BCUT2D eigenvalue weighted by Gasteiger charge is -2.44. The van der Waals surface area contributed by atoms with E-state index in [0.717, 1.165) is 70.6 Å². The number of unbranched alkanes of at least 4 members (excludes halogenated alkanes) is 24. The van der Waals surface area contributed by atoms with Gasteiger partial charge >= 0.3 is 35.4 Å². The number of phosphoric ester groups is 3. The van der Waals surface area contributed by atoms with Crippen molar-refractivity contribution < 1.29 is 90.6 Å². The molecule has 0 radical (unpaired) electrons. The first-order chi connectivity index (χ1) is 32.8. The van der Waals surface area contributed by atoms with E-state index in [2.05, 4.69) is 47.2 Å². The van der Waals surface area contributed by atoms with Crippen LogP contribution in [0, 0.1) is 0 Å². The van der Waals surface area contributed by atoms with E-state index in [4.69, 9.17) is 18.5 Å². The molecule has 0 aliphatic heterocycles. The van der Waals surface area contributed by atoms with Crippen LogP contribution in [0.3, 0.4) is 0 Å². The van der Waals surface area contributed by atoms with Gasteiger partial charge in [0.1, 0.15) is 43.2 Å². The number of aliphatic hydroxyl groups is 3. The van der Waals surface area contributed by atoms with Crippen LogP contribution in [-0.2, 0) is 50.9 Å². The van der Waals surface area contributed by atoms with Crippen LogP contribution in [0.4, 0.5) is 0 Å². The molecular weight excluding hydrogens is 961 g/mol. The normalized spacial score (nSPS) is 21.5. The Morgan fingerprint density at radius 1 is 0.464 bits per heavy atom. The van der Waals surface area contributed by atoms with Gasteiger partial charge in [0, 0.05) is 12.8 Å². The third kappa shape index (κ3) is 35.4. The fraction of sp³-hybridized carbons (Fsp3) is 0.872. The Hall–Kier alpha value is -1.37. The van der Waals surface area contributed by atoms with E-state index in [1.165, 1.54) is 96.3 Å². The number of allylic oxidation sites excluding steroid dienone is 4. The topological polar surface area (TPSA) is 303 Å². The molecular formula is C47H89O19P3. The lowest BCUT2D eigenvalue weighted by molar-refractivity contribution is -0.213. The van der Waals surface area contributed by atoms with Crippen molar-refractivity contribution in [2.75, 3.05) is 13.2 Å². The van der Waals surface area contributed by atoms with Gasteiger partial charge < -0.3 is 49.3 Å². The van der Waals surface area contributed by atoms with Crippen molar-refractivity contribution in [3.63, 3.8) is 0 Å². The SMILES string of the molecule is CCCCCC=CCC=CCCCCCCCC(=O)O[C@H](COC(=O)CCCCCCCCCCCCCCCCCCC)COP(=O)(O)O[C@H]1C(O)C(O)C(OP(=O)(O)O)[C@@H](OP(=O)(O)O)C1O. The van der Waals surface area contributed by atoms with Gasteiger partial charge in [-0.05, 0) is 44.9 Å². The monoisotopic (exact) mass is 1050 g/mol. The number of carbonyl (C=O) groups is 2. The fourth-order valence-corrected chi connectivity index (χ4v) is 10.0. The number of aliphatic hydroxyl groups excluding tert-OH is 3. The zero-order valence-electron chi connectivity index (χ0n) is 41.4. The van der Waals surface area contributed by atoms with Crippen LogP contribution >= 0.6 is 23.5 Å². The third-order valence-corrected chi connectivity index (χ3v) is 13.8. The molecule has 1 fully saturated rings. The van der Waals surface area contributed by atoms with E-state index < -0.39 is 91.3 Å². The number of hydrogen-bond acceptors (Lipinski definition) is 14. The lowest BCUT2D eigenvalue weighted by atomic mass is 9.85. The van der Waals surface area contributed by atoms with Gasteiger partial charge in [-0.25, -0.2) is 13.7 Å². The first-order valence-corrected chi connectivity index (χ1v) is 30.2. The Kier molecular flexibility index (Phi) is 37.2. The first kappa shape index (κ1) is 65.6. The molecule has 1 aliphatic rings. The van der Waals surface area contributed by atoms with Crippen molar-refractivity contribution in [3.05, 3.63) is 24.3 Å². The highest BCUT2D eigenvalue weighted by Gasteiger charge is 2.56. The quantitative estimate of drug-likeness (QED) is 0.0122. The highest BCUT2D eigenvalue weighted by Crippen LogP contribution is 2.51. The second-order valence-electron chi connectivity index (χ2n) is 18.1. The highest BCUT2D eigenvalue weighted by molar-refractivity contribution is 7.47. The lowest BCUT2D eigenvalue weighted by Crippen LogP contribution is -2.65. The van der Waals surface area contributed by atoms with Crippen LogP contribution in [0.25, 0.3) is 0 Å². The molecule has 1 rings (SSSR count). The van der Waals surface area contributed by atoms with Gasteiger partial charge in [-0.15, -0.1) is 0 Å². The predicted molar refractivity (Wildman–Crippen MR) is 261 cm³/mol. The van der Waals surface area contributed by atoms with Crippen molar-refractivity contribution in [3.8, 4) is 0 Å². The molecule has 0 aromatic carbocycles. The van der Waals surface area contributed by atoms with Crippen LogP contribution in [0.1, 0.15) is 206 Å². The largest absolute Gasteiger partial charge is 0.472 e. The Bertz CT molecular complexity index is 1540. The van der Waals surface area contributed by atoms with E-state index in [-0.39, 0.29) is 12.8 Å². The van der Waals surface area contributed by atoms with E-state index in [1.807, 2.05) is 0 Å². The van der Waals surface area contributed by atoms with Crippen LogP contribution in [0.15, 0.2) is 24.3 Å². The average Bonchev–Trinajstić information content (AvgIpc) is 3.28. The molecule has 69 heavy (non-hydrogen) atoms. The molecule has 8 N–H and O–H groups in total. The molecule has 1 aliphatic carbocycles. The van der Waals surface area contributed by atoms with Gasteiger partial charge in [-0.1, -0.05) is 173 Å². The average molecular weight is 1050 g/mol.